The van der Waals surface area contributed by atoms with Crippen LogP contribution in [0.3, 0.4) is 0 Å². The van der Waals surface area contributed by atoms with Crippen molar-refractivity contribution in [2.24, 2.45) is 10.9 Å². The zero-order chi connectivity index (χ0) is 20.6. The van der Waals surface area contributed by atoms with Crippen molar-refractivity contribution in [2.75, 3.05) is 59.0 Å². The normalized spacial score (nSPS) is 25.1. The molecule has 3 unspecified atom stereocenters. The predicted octanol–water partition coefficient (Wildman–Crippen LogP) is 2.52. The zero-order valence-electron chi connectivity index (χ0n) is 17.9. The molecule has 3 rings (SSSR count). The molecule has 2 aliphatic heterocycles. The Kier molecular flexibility index (Phi) is 8.27. The molecule has 0 aromatic heterocycles. The number of nitrogens with one attached hydrogen (secondary N) is 1. The standard InChI is InChI=1S/C22H35FN4O2/c1-4-24-22(25-13-17(2)14-26-9-11-28-12-10-26)27-15-18(3)29-21(16-27)19-5-7-20(23)8-6-19/h5-8,17-18,21H,4,9-16H2,1-3H3,(H,24,25). The van der Waals surface area contributed by atoms with Crippen LogP contribution < -0.4 is 5.32 Å². The molecule has 1 aromatic carbocycles. The van der Waals surface area contributed by atoms with E-state index < -0.39 is 0 Å². The summed E-state index contributed by atoms with van der Waals surface area (Å²) in [5, 5.41) is 3.44. The molecule has 3 atom stereocenters. The number of benzene rings is 1. The average Bonchev–Trinajstić information content (AvgIpc) is 2.72. The van der Waals surface area contributed by atoms with Crippen LogP contribution in [0.15, 0.2) is 29.3 Å². The molecule has 6 nitrogen and oxygen atoms in total. The summed E-state index contributed by atoms with van der Waals surface area (Å²) >= 11 is 0. The van der Waals surface area contributed by atoms with Crippen molar-refractivity contribution < 1.29 is 13.9 Å². The molecule has 2 saturated heterocycles. The van der Waals surface area contributed by atoms with Crippen LogP contribution in [-0.4, -0.2) is 80.9 Å². The number of halogens is 1. The van der Waals surface area contributed by atoms with Gasteiger partial charge in [0.25, 0.3) is 0 Å². The first-order chi connectivity index (χ1) is 14.0. The molecule has 2 fully saturated rings. The molecular weight excluding hydrogens is 371 g/mol. The molecule has 1 N–H and O–H groups in total. The van der Waals surface area contributed by atoms with E-state index in [0.29, 0.717) is 12.5 Å². The van der Waals surface area contributed by atoms with Crippen LogP contribution >= 0.6 is 0 Å². The number of hydrogen-bond acceptors (Lipinski definition) is 4. The Morgan fingerprint density at radius 3 is 2.66 bits per heavy atom. The molecule has 0 radical (unpaired) electrons. The molecule has 7 heteroatoms. The lowest BCUT2D eigenvalue weighted by Gasteiger charge is -2.39. The lowest BCUT2D eigenvalue weighted by molar-refractivity contribution is -0.0605. The van der Waals surface area contributed by atoms with Gasteiger partial charge in [0, 0.05) is 39.3 Å². The number of hydrogen-bond donors (Lipinski definition) is 1. The molecule has 0 bridgehead atoms. The van der Waals surface area contributed by atoms with Gasteiger partial charge >= 0.3 is 0 Å². The molecule has 2 aliphatic rings. The second-order valence-corrected chi connectivity index (χ2v) is 8.10. The summed E-state index contributed by atoms with van der Waals surface area (Å²) in [4.78, 5) is 9.66. The second kappa shape index (κ2) is 10.9. The molecule has 0 aliphatic carbocycles. The quantitative estimate of drug-likeness (QED) is 0.581. The minimum Gasteiger partial charge on any atom is -0.379 e. The number of morpholine rings is 2. The van der Waals surface area contributed by atoms with Gasteiger partial charge in [-0.1, -0.05) is 19.1 Å². The first kappa shape index (κ1) is 22.0. The van der Waals surface area contributed by atoms with E-state index in [1.54, 1.807) is 0 Å². The number of ether oxygens (including phenoxy) is 2. The largest absolute Gasteiger partial charge is 0.379 e. The van der Waals surface area contributed by atoms with Crippen LogP contribution in [-0.2, 0) is 9.47 Å². The Hall–Kier alpha value is -1.70. The van der Waals surface area contributed by atoms with Gasteiger partial charge in [0.05, 0.1) is 25.9 Å². The Morgan fingerprint density at radius 1 is 1.24 bits per heavy atom. The fraction of sp³-hybridized carbons (Fsp3) is 0.682. The van der Waals surface area contributed by atoms with E-state index in [9.17, 15) is 4.39 Å². The molecule has 1 aromatic rings. The topological polar surface area (TPSA) is 49.3 Å². The van der Waals surface area contributed by atoms with Crippen LogP contribution in [0.5, 0.6) is 0 Å². The smallest absolute Gasteiger partial charge is 0.194 e. The summed E-state index contributed by atoms with van der Waals surface area (Å²) in [7, 11) is 0. The van der Waals surface area contributed by atoms with Gasteiger partial charge in [0.2, 0.25) is 0 Å². The summed E-state index contributed by atoms with van der Waals surface area (Å²) < 4.78 is 24.9. The van der Waals surface area contributed by atoms with E-state index in [1.807, 2.05) is 12.1 Å². The highest BCUT2D eigenvalue weighted by atomic mass is 19.1. The van der Waals surface area contributed by atoms with Gasteiger partial charge in [-0.2, -0.15) is 0 Å². The van der Waals surface area contributed by atoms with E-state index in [0.717, 1.165) is 64.0 Å². The monoisotopic (exact) mass is 406 g/mol. The number of nitrogens with zero attached hydrogens (tertiary/aromatic N) is 3. The molecule has 0 spiro atoms. The third-order valence-electron chi connectivity index (χ3n) is 5.36. The highest BCUT2D eigenvalue weighted by Crippen LogP contribution is 2.25. The van der Waals surface area contributed by atoms with Gasteiger partial charge in [-0.3, -0.25) is 9.89 Å². The van der Waals surface area contributed by atoms with Crippen LogP contribution in [0.2, 0.25) is 0 Å². The van der Waals surface area contributed by atoms with E-state index in [4.69, 9.17) is 14.5 Å². The Morgan fingerprint density at radius 2 is 1.97 bits per heavy atom. The fourth-order valence-corrected chi connectivity index (χ4v) is 3.94. The highest BCUT2D eigenvalue weighted by molar-refractivity contribution is 5.80. The molecule has 2 heterocycles. The SMILES string of the molecule is CCNC(=NCC(C)CN1CCOCC1)N1CC(C)OC(c2ccc(F)cc2)C1. The fourth-order valence-electron chi connectivity index (χ4n) is 3.94. The maximum atomic E-state index is 13.3. The maximum absolute atomic E-state index is 13.3. The summed E-state index contributed by atoms with van der Waals surface area (Å²) in [5.41, 5.74) is 1.000. The number of aliphatic imine (C=N–C) groups is 1. The van der Waals surface area contributed by atoms with Crippen LogP contribution in [0.1, 0.15) is 32.4 Å². The summed E-state index contributed by atoms with van der Waals surface area (Å²) in [6.07, 6.45) is -0.0117. The molecule has 29 heavy (non-hydrogen) atoms. The van der Waals surface area contributed by atoms with Crippen LogP contribution in [0, 0.1) is 11.7 Å². The van der Waals surface area contributed by atoms with E-state index >= 15 is 0 Å². The van der Waals surface area contributed by atoms with Gasteiger partial charge in [0.1, 0.15) is 11.9 Å². The lowest BCUT2D eigenvalue weighted by atomic mass is 10.1. The number of guanidine groups is 1. The van der Waals surface area contributed by atoms with Gasteiger partial charge in [-0.25, -0.2) is 4.39 Å². The predicted molar refractivity (Wildman–Crippen MR) is 114 cm³/mol. The Labute approximate surface area is 174 Å². The number of rotatable bonds is 6. The highest BCUT2D eigenvalue weighted by Gasteiger charge is 2.28. The third-order valence-corrected chi connectivity index (χ3v) is 5.36. The van der Waals surface area contributed by atoms with E-state index in [1.165, 1.54) is 12.1 Å². The van der Waals surface area contributed by atoms with Crippen molar-refractivity contribution in [3.05, 3.63) is 35.6 Å². The van der Waals surface area contributed by atoms with Crippen LogP contribution in [0.4, 0.5) is 4.39 Å². The molecular formula is C22H35FN4O2. The Bertz CT molecular complexity index is 649. The minimum absolute atomic E-state index is 0.0773. The first-order valence-electron chi connectivity index (χ1n) is 10.8. The van der Waals surface area contributed by atoms with Crippen molar-refractivity contribution >= 4 is 5.96 Å². The first-order valence-corrected chi connectivity index (χ1v) is 10.8. The second-order valence-electron chi connectivity index (χ2n) is 8.10. The van der Waals surface area contributed by atoms with Crippen molar-refractivity contribution in [3.8, 4) is 0 Å². The summed E-state index contributed by atoms with van der Waals surface area (Å²) in [6.45, 7) is 14.3. The van der Waals surface area contributed by atoms with Crippen molar-refractivity contribution in [1.82, 2.24) is 15.1 Å². The van der Waals surface area contributed by atoms with E-state index in [2.05, 4.69) is 35.9 Å². The average molecular weight is 407 g/mol. The van der Waals surface area contributed by atoms with Gasteiger partial charge < -0.3 is 19.7 Å². The van der Waals surface area contributed by atoms with Gasteiger partial charge in [-0.15, -0.1) is 0 Å². The van der Waals surface area contributed by atoms with Gasteiger partial charge in [-0.05, 0) is 37.5 Å². The molecule has 0 saturated carbocycles. The van der Waals surface area contributed by atoms with Crippen molar-refractivity contribution in [1.29, 1.82) is 0 Å². The molecule has 0 amide bonds. The van der Waals surface area contributed by atoms with Crippen molar-refractivity contribution in [2.45, 2.75) is 33.0 Å². The van der Waals surface area contributed by atoms with Crippen LogP contribution in [0.25, 0.3) is 0 Å². The van der Waals surface area contributed by atoms with Crippen molar-refractivity contribution in [3.63, 3.8) is 0 Å². The maximum Gasteiger partial charge on any atom is 0.194 e. The molecule has 162 valence electrons. The third kappa shape index (κ3) is 6.66. The van der Waals surface area contributed by atoms with Gasteiger partial charge in [0.15, 0.2) is 5.96 Å². The minimum atomic E-state index is -0.223. The summed E-state index contributed by atoms with van der Waals surface area (Å²) in [5.74, 6) is 1.19. The Balaban J connectivity index is 1.62. The zero-order valence-corrected chi connectivity index (χ0v) is 17.9. The lowest BCUT2D eigenvalue weighted by Crippen LogP contribution is -2.51. The summed E-state index contributed by atoms with van der Waals surface area (Å²) in [6, 6.07) is 6.61. The van der Waals surface area contributed by atoms with E-state index in [-0.39, 0.29) is 18.0 Å².